The average Bonchev–Trinajstić information content (AvgIpc) is 2.35. The van der Waals surface area contributed by atoms with Crippen LogP contribution in [0.25, 0.3) is 0 Å². The van der Waals surface area contributed by atoms with Crippen LogP contribution in [0.15, 0.2) is 0 Å². The van der Waals surface area contributed by atoms with Crippen molar-refractivity contribution in [1.82, 2.24) is 10.2 Å². The number of terminal acetylenes is 1. The third kappa shape index (κ3) is 3.86. The zero-order valence-electron chi connectivity index (χ0n) is 10.5. The van der Waals surface area contributed by atoms with Crippen molar-refractivity contribution < 1.29 is 9.59 Å². The van der Waals surface area contributed by atoms with Crippen LogP contribution in [0.2, 0.25) is 0 Å². The Bertz CT molecular complexity index is 323. The number of amides is 1. The first-order valence-electron chi connectivity index (χ1n) is 6.01. The minimum absolute atomic E-state index is 0.0534. The molecule has 1 atom stereocenters. The van der Waals surface area contributed by atoms with Gasteiger partial charge in [0.2, 0.25) is 5.91 Å². The van der Waals surface area contributed by atoms with Gasteiger partial charge in [-0.05, 0) is 26.8 Å². The molecule has 94 valence electrons. The quantitative estimate of drug-likeness (QED) is 0.726. The number of carbonyl (C=O) groups is 2. The fraction of sp³-hybridized carbons (Fsp3) is 0.692. The lowest BCUT2D eigenvalue weighted by Gasteiger charge is -2.34. The molecule has 0 spiro atoms. The summed E-state index contributed by atoms with van der Waals surface area (Å²) in [6, 6.07) is 0.112. The maximum atomic E-state index is 11.7. The van der Waals surface area contributed by atoms with Crippen LogP contribution in [-0.4, -0.2) is 42.3 Å². The molecule has 1 N–H and O–H groups in total. The first-order valence-corrected chi connectivity index (χ1v) is 6.01. The number of Topliss-reactive ketones (excluding diaryl/α,β-unsaturated/α-hetero) is 1. The average molecular weight is 236 g/mol. The predicted octanol–water partition coefficient (Wildman–Crippen LogP) is 0.568. The van der Waals surface area contributed by atoms with Gasteiger partial charge in [0.05, 0.1) is 12.6 Å². The highest BCUT2D eigenvalue weighted by molar-refractivity contribution is 5.82. The van der Waals surface area contributed by atoms with Gasteiger partial charge < -0.3 is 5.32 Å². The number of ketones is 1. The summed E-state index contributed by atoms with van der Waals surface area (Å²) < 4.78 is 0. The summed E-state index contributed by atoms with van der Waals surface area (Å²) in [7, 11) is 1.93. The van der Waals surface area contributed by atoms with E-state index in [2.05, 4.69) is 11.2 Å². The van der Waals surface area contributed by atoms with E-state index in [-0.39, 0.29) is 18.5 Å². The van der Waals surface area contributed by atoms with Crippen molar-refractivity contribution in [2.75, 3.05) is 13.6 Å². The van der Waals surface area contributed by atoms with Gasteiger partial charge in [-0.15, -0.1) is 6.42 Å². The Morgan fingerprint density at radius 2 is 2.18 bits per heavy atom. The minimum Gasteiger partial charge on any atom is -0.344 e. The smallest absolute Gasteiger partial charge is 0.237 e. The molecule has 1 aliphatic carbocycles. The van der Waals surface area contributed by atoms with E-state index in [0.29, 0.717) is 24.7 Å². The van der Waals surface area contributed by atoms with Gasteiger partial charge in [0, 0.05) is 18.9 Å². The summed E-state index contributed by atoms with van der Waals surface area (Å²) in [5.41, 5.74) is 0. The topological polar surface area (TPSA) is 49.4 Å². The first kappa shape index (κ1) is 13.7. The van der Waals surface area contributed by atoms with E-state index in [1.165, 1.54) is 0 Å². The SMILES string of the molecule is C#CCNC(=O)C(C)N(C)C1CCC(=O)CC1. The van der Waals surface area contributed by atoms with Gasteiger partial charge in [0.25, 0.3) is 0 Å². The van der Waals surface area contributed by atoms with Gasteiger partial charge in [-0.3, -0.25) is 14.5 Å². The zero-order chi connectivity index (χ0) is 12.8. The third-order valence-electron chi connectivity index (χ3n) is 3.44. The molecule has 0 bridgehead atoms. The van der Waals surface area contributed by atoms with Crippen LogP contribution in [0.3, 0.4) is 0 Å². The van der Waals surface area contributed by atoms with Gasteiger partial charge in [-0.2, -0.15) is 0 Å². The lowest BCUT2D eigenvalue weighted by molar-refractivity contribution is -0.126. The molecule has 1 rings (SSSR count). The Balaban J connectivity index is 2.45. The van der Waals surface area contributed by atoms with Gasteiger partial charge >= 0.3 is 0 Å². The molecule has 17 heavy (non-hydrogen) atoms. The van der Waals surface area contributed by atoms with Crippen molar-refractivity contribution in [3.05, 3.63) is 0 Å². The van der Waals surface area contributed by atoms with Crippen LogP contribution in [0.1, 0.15) is 32.6 Å². The molecule has 4 heteroatoms. The summed E-state index contributed by atoms with van der Waals surface area (Å²) >= 11 is 0. The molecule has 0 heterocycles. The Morgan fingerprint density at radius 1 is 1.59 bits per heavy atom. The number of carbonyl (C=O) groups excluding carboxylic acids is 2. The number of nitrogens with zero attached hydrogens (tertiary/aromatic N) is 1. The molecule has 1 unspecified atom stereocenters. The van der Waals surface area contributed by atoms with Gasteiger partial charge in [0.1, 0.15) is 5.78 Å². The normalized spacial score (nSPS) is 18.8. The second-order valence-electron chi connectivity index (χ2n) is 4.53. The standard InChI is InChI=1S/C13H20N2O2/c1-4-9-14-13(17)10(2)15(3)11-5-7-12(16)8-6-11/h1,10-11H,5-9H2,2-3H3,(H,14,17). The van der Waals surface area contributed by atoms with E-state index in [9.17, 15) is 9.59 Å². The van der Waals surface area contributed by atoms with Crippen LogP contribution in [0.5, 0.6) is 0 Å². The van der Waals surface area contributed by atoms with Crippen LogP contribution >= 0.6 is 0 Å². The molecule has 0 radical (unpaired) electrons. The lowest BCUT2D eigenvalue weighted by atomic mass is 9.92. The summed E-state index contributed by atoms with van der Waals surface area (Å²) in [6.07, 6.45) is 8.06. The van der Waals surface area contributed by atoms with E-state index in [1.54, 1.807) is 0 Å². The molecule has 1 amide bonds. The highest BCUT2D eigenvalue weighted by Crippen LogP contribution is 2.20. The second kappa shape index (κ2) is 6.41. The number of likely N-dealkylation sites (N-methyl/N-ethyl adjacent to an activating group) is 1. The van der Waals surface area contributed by atoms with Crippen molar-refractivity contribution >= 4 is 11.7 Å². The molecule has 0 aromatic heterocycles. The zero-order valence-corrected chi connectivity index (χ0v) is 10.5. The highest BCUT2D eigenvalue weighted by Gasteiger charge is 2.27. The monoisotopic (exact) mass is 236 g/mol. The molecule has 1 fully saturated rings. The fourth-order valence-corrected chi connectivity index (χ4v) is 2.12. The number of nitrogens with one attached hydrogen (secondary N) is 1. The maximum absolute atomic E-state index is 11.7. The summed E-state index contributed by atoms with van der Waals surface area (Å²) in [6.45, 7) is 2.13. The van der Waals surface area contributed by atoms with Crippen LogP contribution in [-0.2, 0) is 9.59 Å². The van der Waals surface area contributed by atoms with E-state index in [0.717, 1.165) is 12.8 Å². The van der Waals surface area contributed by atoms with Gasteiger partial charge in [0.15, 0.2) is 0 Å². The number of hydrogen-bond donors (Lipinski definition) is 1. The molecule has 4 nitrogen and oxygen atoms in total. The summed E-state index contributed by atoms with van der Waals surface area (Å²) in [4.78, 5) is 24.9. The highest BCUT2D eigenvalue weighted by atomic mass is 16.2. The minimum atomic E-state index is -0.207. The van der Waals surface area contributed by atoms with Crippen molar-refractivity contribution in [3.8, 4) is 12.3 Å². The second-order valence-corrected chi connectivity index (χ2v) is 4.53. The number of hydrogen-bond acceptors (Lipinski definition) is 3. The Morgan fingerprint density at radius 3 is 2.71 bits per heavy atom. The Kier molecular flexibility index (Phi) is 5.17. The molecular formula is C13H20N2O2. The van der Waals surface area contributed by atoms with Crippen molar-refractivity contribution in [2.24, 2.45) is 0 Å². The van der Waals surface area contributed by atoms with E-state index in [4.69, 9.17) is 6.42 Å². The molecule has 1 aliphatic rings. The lowest BCUT2D eigenvalue weighted by Crippen LogP contribution is -2.48. The van der Waals surface area contributed by atoms with Crippen LogP contribution in [0.4, 0.5) is 0 Å². The maximum Gasteiger partial charge on any atom is 0.237 e. The molecule has 0 saturated heterocycles. The van der Waals surface area contributed by atoms with Crippen molar-refractivity contribution in [2.45, 2.75) is 44.7 Å². The Hall–Kier alpha value is -1.34. The van der Waals surface area contributed by atoms with Crippen molar-refractivity contribution in [1.29, 1.82) is 0 Å². The van der Waals surface area contributed by atoms with Crippen molar-refractivity contribution in [3.63, 3.8) is 0 Å². The van der Waals surface area contributed by atoms with Gasteiger partial charge in [-0.1, -0.05) is 5.92 Å². The Labute approximate surface area is 103 Å². The first-order chi connectivity index (χ1) is 8.06. The summed E-state index contributed by atoms with van der Waals surface area (Å²) in [5.74, 6) is 2.66. The number of rotatable bonds is 4. The van der Waals surface area contributed by atoms with E-state index in [1.807, 2.05) is 18.9 Å². The molecule has 0 aliphatic heterocycles. The molecule has 1 saturated carbocycles. The van der Waals surface area contributed by atoms with E-state index >= 15 is 0 Å². The van der Waals surface area contributed by atoms with Gasteiger partial charge in [-0.25, -0.2) is 0 Å². The molecule has 0 aromatic rings. The van der Waals surface area contributed by atoms with E-state index < -0.39 is 0 Å². The largest absolute Gasteiger partial charge is 0.344 e. The third-order valence-corrected chi connectivity index (χ3v) is 3.44. The molecule has 0 aromatic carbocycles. The fourth-order valence-electron chi connectivity index (χ4n) is 2.12. The summed E-state index contributed by atoms with van der Waals surface area (Å²) in [5, 5.41) is 2.68. The van der Waals surface area contributed by atoms with Crippen LogP contribution < -0.4 is 5.32 Å². The van der Waals surface area contributed by atoms with Crippen LogP contribution in [0, 0.1) is 12.3 Å². The predicted molar refractivity (Wildman–Crippen MR) is 66.3 cm³/mol. The molecular weight excluding hydrogens is 216 g/mol.